The quantitative estimate of drug-likeness (QED) is 0.703. The lowest BCUT2D eigenvalue weighted by molar-refractivity contribution is -0.118. The summed E-state index contributed by atoms with van der Waals surface area (Å²) >= 11 is 0. The van der Waals surface area contributed by atoms with Crippen LogP contribution in [0.15, 0.2) is 77.6 Å². The molecule has 0 saturated heterocycles. The molecule has 4 rings (SSSR count). The first-order chi connectivity index (χ1) is 13.4. The van der Waals surface area contributed by atoms with Crippen LogP contribution in [0, 0.1) is 5.41 Å². The highest BCUT2D eigenvalue weighted by molar-refractivity contribution is 5.99. The lowest BCUT2D eigenvalue weighted by Crippen LogP contribution is -2.35. The number of dihydropyridines is 1. The van der Waals surface area contributed by atoms with Crippen LogP contribution in [-0.4, -0.2) is 5.78 Å². The molecule has 3 nitrogen and oxygen atoms in total. The van der Waals surface area contributed by atoms with Gasteiger partial charge in [-0.15, -0.1) is 0 Å². The highest BCUT2D eigenvalue weighted by Crippen LogP contribution is 2.44. The molecule has 1 aliphatic carbocycles. The van der Waals surface area contributed by atoms with Crippen molar-refractivity contribution in [2.45, 2.75) is 46.0 Å². The highest BCUT2D eigenvalue weighted by Gasteiger charge is 2.38. The first kappa shape index (κ1) is 18.5. The van der Waals surface area contributed by atoms with Gasteiger partial charge in [0.05, 0.1) is 0 Å². The average Bonchev–Trinajstić information content (AvgIpc) is 2.67. The number of benzene rings is 2. The predicted octanol–water partition coefficient (Wildman–Crippen LogP) is 6.10. The summed E-state index contributed by atoms with van der Waals surface area (Å²) < 4.78 is 6.02. The Morgan fingerprint density at radius 1 is 1.04 bits per heavy atom. The van der Waals surface area contributed by atoms with Crippen LogP contribution < -0.4 is 10.1 Å². The van der Waals surface area contributed by atoms with Crippen molar-refractivity contribution in [3.05, 3.63) is 83.2 Å². The number of ether oxygens (including phenoxy) is 1. The van der Waals surface area contributed by atoms with E-state index in [1.165, 1.54) is 5.70 Å². The third-order valence-electron chi connectivity index (χ3n) is 5.49. The first-order valence-corrected chi connectivity index (χ1v) is 10.0. The van der Waals surface area contributed by atoms with E-state index in [0.29, 0.717) is 6.42 Å². The third kappa shape index (κ3) is 3.75. The Balaban J connectivity index is 1.71. The van der Waals surface area contributed by atoms with Gasteiger partial charge in [0.1, 0.15) is 11.5 Å². The van der Waals surface area contributed by atoms with Gasteiger partial charge in [-0.1, -0.05) is 57.2 Å². The monoisotopic (exact) mass is 373 g/mol. The SMILES string of the molecule is CCC1=C[C@H](c2cccc(Oc3ccccc3)c2)C2=C(CC(C)(C)CC2=O)N1. The Labute approximate surface area is 167 Å². The number of hydrogen-bond donors (Lipinski definition) is 1. The van der Waals surface area contributed by atoms with Gasteiger partial charge < -0.3 is 10.1 Å². The molecule has 1 aliphatic heterocycles. The van der Waals surface area contributed by atoms with Gasteiger partial charge in [-0.05, 0) is 48.1 Å². The fourth-order valence-electron chi connectivity index (χ4n) is 4.19. The van der Waals surface area contributed by atoms with Gasteiger partial charge in [0, 0.05) is 29.3 Å². The number of allylic oxidation sites excluding steroid dienone is 4. The standard InChI is InChI=1S/C25H27NO2/c1-4-18-14-21(24-22(26-18)15-25(2,3)16-23(24)27)17-9-8-12-20(13-17)28-19-10-6-5-7-11-19/h5-14,21,26H,4,15-16H2,1-3H3/t21-/m1/s1. The molecule has 2 aromatic rings. The predicted molar refractivity (Wildman–Crippen MR) is 112 cm³/mol. The summed E-state index contributed by atoms with van der Waals surface area (Å²) in [4.78, 5) is 13.0. The normalized spacial score (nSPS) is 20.9. The van der Waals surface area contributed by atoms with E-state index in [1.807, 2.05) is 42.5 Å². The summed E-state index contributed by atoms with van der Waals surface area (Å²) in [6, 6.07) is 17.9. The molecule has 144 valence electrons. The molecule has 0 radical (unpaired) electrons. The van der Waals surface area contributed by atoms with E-state index in [-0.39, 0.29) is 17.1 Å². The molecule has 0 aromatic heterocycles. The van der Waals surface area contributed by atoms with Crippen molar-refractivity contribution in [2.75, 3.05) is 0 Å². The molecule has 1 atom stereocenters. The summed E-state index contributed by atoms with van der Waals surface area (Å²) in [5.74, 6) is 1.84. The molecule has 0 saturated carbocycles. The second-order valence-corrected chi connectivity index (χ2v) is 8.47. The average molecular weight is 373 g/mol. The van der Waals surface area contributed by atoms with Crippen molar-refractivity contribution < 1.29 is 9.53 Å². The largest absolute Gasteiger partial charge is 0.457 e. The Morgan fingerprint density at radius 2 is 1.79 bits per heavy atom. The minimum Gasteiger partial charge on any atom is -0.457 e. The Bertz CT molecular complexity index is 954. The molecule has 0 amide bonds. The van der Waals surface area contributed by atoms with Gasteiger partial charge in [0.15, 0.2) is 5.78 Å². The number of carbonyl (C=O) groups is 1. The molecule has 1 heterocycles. The second kappa shape index (κ2) is 7.31. The highest BCUT2D eigenvalue weighted by atomic mass is 16.5. The lowest BCUT2D eigenvalue weighted by Gasteiger charge is -2.38. The number of nitrogens with one attached hydrogen (secondary N) is 1. The lowest BCUT2D eigenvalue weighted by atomic mass is 9.70. The van der Waals surface area contributed by atoms with Crippen molar-refractivity contribution in [1.29, 1.82) is 0 Å². The number of para-hydroxylation sites is 1. The van der Waals surface area contributed by atoms with Crippen molar-refractivity contribution >= 4 is 5.78 Å². The van der Waals surface area contributed by atoms with E-state index in [0.717, 1.165) is 41.2 Å². The van der Waals surface area contributed by atoms with Gasteiger partial charge in [0.25, 0.3) is 0 Å². The number of ketones is 1. The third-order valence-corrected chi connectivity index (χ3v) is 5.49. The van der Waals surface area contributed by atoms with E-state index in [9.17, 15) is 4.79 Å². The second-order valence-electron chi connectivity index (χ2n) is 8.47. The van der Waals surface area contributed by atoms with Gasteiger partial charge in [0.2, 0.25) is 0 Å². The van der Waals surface area contributed by atoms with Gasteiger partial charge in [-0.3, -0.25) is 4.79 Å². The summed E-state index contributed by atoms with van der Waals surface area (Å²) in [5, 5.41) is 3.53. The number of Topliss-reactive ketones (excluding diaryl/α,β-unsaturated/α-hetero) is 1. The van der Waals surface area contributed by atoms with Crippen LogP contribution in [0.25, 0.3) is 0 Å². The van der Waals surface area contributed by atoms with Crippen molar-refractivity contribution in [1.82, 2.24) is 5.32 Å². The van der Waals surface area contributed by atoms with Crippen molar-refractivity contribution in [3.63, 3.8) is 0 Å². The van der Waals surface area contributed by atoms with Crippen molar-refractivity contribution in [2.24, 2.45) is 5.41 Å². The molecular formula is C25H27NO2. The molecule has 0 unspecified atom stereocenters. The van der Waals surface area contributed by atoms with Crippen LogP contribution in [0.4, 0.5) is 0 Å². The number of rotatable bonds is 4. The summed E-state index contributed by atoms with van der Waals surface area (Å²) in [7, 11) is 0. The Kier molecular flexibility index (Phi) is 4.84. The maximum Gasteiger partial charge on any atom is 0.162 e. The van der Waals surface area contributed by atoms with E-state index < -0.39 is 0 Å². The zero-order chi connectivity index (χ0) is 19.7. The van der Waals surface area contributed by atoms with Crippen LogP contribution in [-0.2, 0) is 4.79 Å². The fraction of sp³-hybridized carbons (Fsp3) is 0.320. The summed E-state index contributed by atoms with van der Waals surface area (Å²) in [5.41, 5.74) is 4.31. The topological polar surface area (TPSA) is 38.3 Å². The van der Waals surface area contributed by atoms with Crippen molar-refractivity contribution in [3.8, 4) is 11.5 Å². The van der Waals surface area contributed by atoms with E-state index in [4.69, 9.17) is 4.74 Å². The molecule has 0 fully saturated rings. The minimum absolute atomic E-state index is 0.00191. The molecule has 0 spiro atoms. The molecule has 0 bridgehead atoms. The fourth-order valence-corrected chi connectivity index (χ4v) is 4.19. The van der Waals surface area contributed by atoms with Gasteiger partial charge in [-0.2, -0.15) is 0 Å². The minimum atomic E-state index is -0.0193. The number of carbonyl (C=O) groups excluding carboxylic acids is 1. The van der Waals surface area contributed by atoms with E-state index in [1.54, 1.807) is 0 Å². The maximum atomic E-state index is 13.0. The van der Waals surface area contributed by atoms with E-state index in [2.05, 4.69) is 44.3 Å². The summed E-state index contributed by atoms with van der Waals surface area (Å²) in [6.07, 6.45) is 4.63. The molecular weight excluding hydrogens is 346 g/mol. The first-order valence-electron chi connectivity index (χ1n) is 10.0. The Morgan fingerprint density at radius 3 is 2.54 bits per heavy atom. The zero-order valence-corrected chi connectivity index (χ0v) is 16.8. The van der Waals surface area contributed by atoms with Crippen LogP contribution >= 0.6 is 0 Å². The van der Waals surface area contributed by atoms with Crippen LogP contribution in [0.1, 0.15) is 51.5 Å². The molecule has 1 N–H and O–H groups in total. The van der Waals surface area contributed by atoms with Crippen LogP contribution in [0.2, 0.25) is 0 Å². The molecule has 28 heavy (non-hydrogen) atoms. The Hall–Kier alpha value is -2.81. The van der Waals surface area contributed by atoms with Gasteiger partial charge >= 0.3 is 0 Å². The zero-order valence-electron chi connectivity index (χ0n) is 16.8. The maximum absolute atomic E-state index is 13.0. The van der Waals surface area contributed by atoms with Gasteiger partial charge in [-0.25, -0.2) is 0 Å². The number of hydrogen-bond acceptors (Lipinski definition) is 3. The molecule has 2 aromatic carbocycles. The summed E-state index contributed by atoms with van der Waals surface area (Å²) in [6.45, 7) is 6.49. The molecule has 3 heteroatoms. The van der Waals surface area contributed by atoms with E-state index >= 15 is 0 Å². The van der Waals surface area contributed by atoms with Crippen LogP contribution in [0.3, 0.4) is 0 Å². The smallest absolute Gasteiger partial charge is 0.162 e. The molecule has 2 aliphatic rings. The van der Waals surface area contributed by atoms with Crippen LogP contribution in [0.5, 0.6) is 11.5 Å².